The van der Waals surface area contributed by atoms with Crippen LogP contribution in [-0.2, 0) is 22.8 Å². The van der Waals surface area contributed by atoms with Crippen molar-refractivity contribution in [2.45, 2.75) is 38.5 Å². The third-order valence-electron chi connectivity index (χ3n) is 4.52. The van der Waals surface area contributed by atoms with E-state index in [0.717, 1.165) is 39.1 Å². The third-order valence-corrected chi connectivity index (χ3v) is 7.87. The average molecular weight is 345 g/mol. The molecule has 0 amide bonds. The van der Waals surface area contributed by atoms with Crippen LogP contribution in [0.15, 0.2) is 12.1 Å². The van der Waals surface area contributed by atoms with E-state index >= 15 is 0 Å². The van der Waals surface area contributed by atoms with Crippen molar-refractivity contribution < 1.29 is 8.42 Å². The lowest BCUT2D eigenvalue weighted by molar-refractivity contribution is 0.121. The minimum atomic E-state index is -3.02. The van der Waals surface area contributed by atoms with Crippen molar-refractivity contribution in [2.24, 2.45) is 0 Å². The van der Waals surface area contributed by atoms with Gasteiger partial charge in [0.1, 0.15) is 0 Å². The predicted molar refractivity (Wildman–Crippen MR) is 94.3 cm³/mol. The molecular formula is C16H28N2O2S2. The highest BCUT2D eigenvalue weighted by Gasteiger charge is 2.33. The molecule has 0 aromatic carbocycles. The number of hydrogen-bond donors (Lipinski definition) is 0. The number of rotatable bonds is 6. The monoisotopic (exact) mass is 344 g/mol. The van der Waals surface area contributed by atoms with E-state index in [1.54, 1.807) is 0 Å². The second-order valence-corrected chi connectivity index (χ2v) is 10.7. The highest BCUT2D eigenvalue weighted by atomic mass is 32.2. The molecule has 126 valence electrons. The highest BCUT2D eigenvalue weighted by molar-refractivity contribution is 7.92. The topological polar surface area (TPSA) is 40.6 Å². The predicted octanol–water partition coefficient (Wildman–Crippen LogP) is 2.25. The molecule has 2 rings (SSSR count). The number of piperazine rings is 1. The number of nitrogens with zero attached hydrogens (tertiary/aromatic N) is 2. The fourth-order valence-electron chi connectivity index (χ4n) is 2.68. The molecule has 0 radical (unpaired) electrons. The third kappa shape index (κ3) is 4.54. The molecule has 1 saturated heterocycles. The molecule has 1 fully saturated rings. The van der Waals surface area contributed by atoms with Crippen molar-refractivity contribution in [3.63, 3.8) is 0 Å². The van der Waals surface area contributed by atoms with E-state index in [-0.39, 0.29) is 0 Å². The Morgan fingerprint density at radius 1 is 1.09 bits per heavy atom. The Labute approximate surface area is 139 Å². The molecule has 22 heavy (non-hydrogen) atoms. The SMILES string of the molecule is CCc1ccc(CN2CCN(CC(C)(C)S(C)(=O)=O)CC2)s1. The van der Waals surface area contributed by atoms with E-state index in [0.29, 0.717) is 6.54 Å². The van der Waals surface area contributed by atoms with Crippen molar-refractivity contribution in [1.29, 1.82) is 0 Å². The Hall–Kier alpha value is -0.430. The molecule has 0 bridgehead atoms. The van der Waals surface area contributed by atoms with Gasteiger partial charge in [-0.1, -0.05) is 6.92 Å². The van der Waals surface area contributed by atoms with Crippen molar-refractivity contribution >= 4 is 21.2 Å². The largest absolute Gasteiger partial charge is 0.299 e. The smallest absolute Gasteiger partial charge is 0.153 e. The molecule has 0 saturated carbocycles. The van der Waals surface area contributed by atoms with Gasteiger partial charge in [-0.15, -0.1) is 11.3 Å². The summed E-state index contributed by atoms with van der Waals surface area (Å²) >= 11 is 1.91. The quantitative estimate of drug-likeness (QED) is 0.794. The van der Waals surface area contributed by atoms with Crippen LogP contribution in [0.1, 0.15) is 30.5 Å². The van der Waals surface area contributed by atoms with Crippen molar-refractivity contribution in [3.05, 3.63) is 21.9 Å². The summed E-state index contributed by atoms with van der Waals surface area (Å²) in [4.78, 5) is 7.63. The van der Waals surface area contributed by atoms with Crippen LogP contribution in [0.25, 0.3) is 0 Å². The number of sulfone groups is 1. The van der Waals surface area contributed by atoms with Gasteiger partial charge in [0.05, 0.1) is 4.75 Å². The first-order chi connectivity index (χ1) is 10.2. The summed E-state index contributed by atoms with van der Waals surface area (Å²) in [5.74, 6) is 0. The number of aryl methyl sites for hydroxylation is 1. The van der Waals surface area contributed by atoms with Crippen LogP contribution in [0, 0.1) is 0 Å². The lowest BCUT2D eigenvalue weighted by Gasteiger charge is -2.38. The average Bonchev–Trinajstić information content (AvgIpc) is 2.87. The molecule has 0 spiro atoms. The van der Waals surface area contributed by atoms with Gasteiger partial charge in [-0.2, -0.15) is 0 Å². The number of thiophene rings is 1. The summed E-state index contributed by atoms with van der Waals surface area (Å²) < 4.78 is 23.0. The van der Waals surface area contributed by atoms with E-state index < -0.39 is 14.6 Å². The molecule has 0 aliphatic carbocycles. The molecule has 0 unspecified atom stereocenters. The standard InChI is InChI=1S/C16H28N2O2S2/c1-5-14-6-7-15(21-14)12-17-8-10-18(11-9-17)13-16(2,3)22(4,19)20/h6-7H,5,8-13H2,1-4H3. The maximum absolute atomic E-state index is 11.8. The molecule has 1 aromatic heterocycles. The van der Waals surface area contributed by atoms with Crippen molar-refractivity contribution in [3.8, 4) is 0 Å². The Bertz CT molecular complexity index is 585. The van der Waals surface area contributed by atoms with Gasteiger partial charge in [0, 0.05) is 55.3 Å². The fraction of sp³-hybridized carbons (Fsp3) is 0.750. The maximum Gasteiger partial charge on any atom is 0.153 e. The minimum Gasteiger partial charge on any atom is -0.299 e. The van der Waals surface area contributed by atoms with E-state index in [9.17, 15) is 8.42 Å². The highest BCUT2D eigenvalue weighted by Crippen LogP contribution is 2.21. The van der Waals surface area contributed by atoms with Gasteiger partial charge in [0.2, 0.25) is 0 Å². The summed E-state index contributed by atoms with van der Waals surface area (Å²) in [6.45, 7) is 11.4. The Balaban J connectivity index is 1.83. The van der Waals surface area contributed by atoms with Gasteiger partial charge >= 0.3 is 0 Å². The Morgan fingerprint density at radius 3 is 2.14 bits per heavy atom. The molecule has 2 heterocycles. The molecule has 6 heteroatoms. The maximum atomic E-state index is 11.8. The molecule has 0 atom stereocenters. The van der Waals surface area contributed by atoms with Crippen LogP contribution in [0.4, 0.5) is 0 Å². The summed E-state index contributed by atoms with van der Waals surface area (Å²) in [6.07, 6.45) is 2.45. The van der Waals surface area contributed by atoms with Crippen LogP contribution in [0.5, 0.6) is 0 Å². The summed E-state index contributed by atoms with van der Waals surface area (Å²) in [7, 11) is -3.02. The molecule has 4 nitrogen and oxygen atoms in total. The molecule has 0 N–H and O–H groups in total. The van der Waals surface area contributed by atoms with Gasteiger partial charge in [-0.25, -0.2) is 8.42 Å². The van der Waals surface area contributed by atoms with Crippen molar-refractivity contribution in [2.75, 3.05) is 39.0 Å². The molecule has 1 aromatic rings. The van der Waals surface area contributed by atoms with Crippen LogP contribution in [0.3, 0.4) is 0 Å². The van der Waals surface area contributed by atoms with Crippen LogP contribution in [-0.4, -0.2) is 61.9 Å². The first kappa shape index (κ1) is 17.9. The first-order valence-corrected chi connectivity index (χ1v) is 10.6. The van der Waals surface area contributed by atoms with Gasteiger partial charge in [-0.3, -0.25) is 9.80 Å². The van der Waals surface area contributed by atoms with E-state index in [1.807, 2.05) is 25.2 Å². The minimum absolute atomic E-state index is 0.624. The summed E-state index contributed by atoms with van der Waals surface area (Å²) in [5, 5.41) is 0. The fourth-order valence-corrected chi connectivity index (χ4v) is 4.10. The second-order valence-electron chi connectivity index (χ2n) is 6.81. The molecule has 1 aliphatic rings. The zero-order valence-corrected chi connectivity index (χ0v) is 15.8. The van der Waals surface area contributed by atoms with E-state index in [1.165, 1.54) is 16.0 Å². The van der Waals surface area contributed by atoms with E-state index in [4.69, 9.17) is 0 Å². The zero-order chi connectivity index (χ0) is 16.4. The normalized spacial score (nSPS) is 18.7. The first-order valence-electron chi connectivity index (χ1n) is 7.93. The van der Waals surface area contributed by atoms with Crippen LogP contribution < -0.4 is 0 Å². The summed E-state index contributed by atoms with van der Waals surface area (Å²) in [5.41, 5.74) is 0. The van der Waals surface area contributed by atoms with Gasteiger partial charge in [-0.05, 0) is 32.4 Å². The number of hydrogen-bond acceptors (Lipinski definition) is 5. The van der Waals surface area contributed by atoms with Crippen molar-refractivity contribution in [1.82, 2.24) is 9.80 Å². The zero-order valence-electron chi connectivity index (χ0n) is 14.1. The lowest BCUT2D eigenvalue weighted by Crippen LogP contribution is -2.51. The van der Waals surface area contributed by atoms with Crippen LogP contribution in [0.2, 0.25) is 0 Å². The Morgan fingerprint density at radius 2 is 1.64 bits per heavy atom. The lowest BCUT2D eigenvalue weighted by atomic mass is 10.1. The second kappa shape index (κ2) is 6.99. The molecule has 1 aliphatic heterocycles. The Kier molecular flexibility index (Phi) is 5.69. The molecular weight excluding hydrogens is 316 g/mol. The van der Waals surface area contributed by atoms with E-state index in [2.05, 4.69) is 28.9 Å². The van der Waals surface area contributed by atoms with Gasteiger partial charge in [0.25, 0.3) is 0 Å². The summed E-state index contributed by atoms with van der Waals surface area (Å²) in [6, 6.07) is 4.47. The van der Waals surface area contributed by atoms with Gasteiger partial charge in [0.15, 0.2) is 9.84 Å². The van der Waals surface area contributed by atoms with Gasteiger partial charge < -0.3 is 0 Å². The van der Waals surface area contributed by atoms with Crippen LogP contribution >= 0.6 is 11.3 Å².